The van der Waals surface area contributed by atoms with E-state index in [1.807, 2.05) is 18.2 Å². The number of nitro groups is 1. The van der Waals surface area contributed by atoms with Gasteiger partial charge in [0.1, 0.15) is 0 Å². The standard InChI is InChI=1S/C19H22N2O4/c1-24-19-15(9-5-10-16(19)21(22)23)13-25-17-11-6-12-20-18(17)14-7-3-2-4-8-14/h2-5,7-10,17-18,20H,6,11-13H2,1H3/t17-,18-/m1/s1. The monoisotopic (exact) mass is 342 g/mol. The number of hydrogen-bond acceptors (Lipinski definition) is 5. The number of rotatable bonds is 6. The third-order valence-corrected chi connectivity index (χ3v) is 4.49. The van der Waals surface area contributed by atoms with Crippen LogP contribution in [0.4, 0.5) is 5.69 Å². The predicted molar refractivity (Wildman–Crippen MR) is 94.6 cm³/mol. The molecule has 1 N–H and O–H groups in total. The second-order valence-electron chi connectivity index (χ2n) is 6.06. The Kier molecular flexibility index (Phi) is 5.63. The van der Waals surface area contributed by atoms with Gasteiger partial charge in [-0.3, -0.25) is 10.1 Å². The highest BCUT2D eigenvalue weighted by molar-refractivity contribution is 5.51. The summed E-state index contributed by atoms with van der Waals surface area (Å²) in [7, 11) is 1.45. The molecule has 0 amide bonds. The fraction of sp³-hybridized carbons (Fsp3) is 0.368. The number of methoxy groups -OCH3 is 1. The minimum Gasteiger partial charge on any atom is -0.490 e. The van der Waals surface area contributed by atoms with E-state index in [0.717, 1.165) is 19.4 Å². The van der Waals surface area contributed by atoms with Crippen molar-refractivity contribution in [2.45, 2.75) is 31.6 Å². The molecule has 1 heterocycles. The summed E-state index contributed by atoms with van der Waals surface area (Å²) in [5.74, 6) is 0.271. The molecule has 6 nitrogen and oxygen atoms in total. The smallest absolute Gasteiger partial charge is 0.311 e. The number of nitrogens with one attached hydrogen (secondary N) is 1. The number of piperidine rings is 1. The van der Waals surface area contributed by atoms with Crippen molar-refractivity contribution >= 4 is 5.69 Å². The molecular weight excluding hydrogens is 320 g/mol. The second-order valence-corrected chi connectivity index (χ2v) is 6.06. The van der Waals surface area contributed by atoms with Crippen LogP contribution in [0.15, 0.2) is 48.5 Å². The molecule has 0 saturated carbocycles. The Labute approximate surface area is 146 Å². The maximum Gasteiger partial charge on any atom is 0.311 e. The van der Waals surface area contributed by atoms with Gasteiger partial charge in [-0.25, -0.2) is 0 Å². The molecule has 2 atom stereocenters. The van der Waals surface area contributed by atoms with Crippen molar-refractivity contribution in [2.75, 3.05) is 13.7 Å². The molecule has 0 radical (unpaired) electrons. The molecule has 6 heteroatoms. The molecule has 1 aliphatic heterocycles. The Morgan fingerprint density at radius 1 is 1.20 bits per heavy atom. The topological polar surface area (TPSA) is 73.6 Å². The Bertz CT molecular complexity index is 721. The van der Waals surface area contributed by atoms with Gasteiger partial charge in [-0.15, -0.1) is 0 Å². The SMILES string of the molecule is COc1c(CO[C@@H]2CCCN[C@@H]2c2ccccc2)cccc1[N+](=O)[O-]. The summed E-state index contributed by atoms with van der Waals surface area (Å²) in [4.78, 5) is 10.7. The first-order chi connectivity index (χ1) is 12.2. The fourth-order valence-electron chi connectivity index (χ4n) is 3.29. The average molecular weight is 342 g/mol. The average Bonchev–Trinajstić information content (AvgIpc) is 2.66. The third-order valence-electron chi connectivity index (χ3n) is 4.49. The number of nitrogens with zero attached hydrogens (tertiary/aromatic N) is 1. The molecule has 2 aromatic carbocycles. The Morgan fingerprint density at radius 2 is 2.00 bits per heavy atom. The van der Waals surface area contributed by atoms with E-state index < -0.39 is 4.92 Å². The van der Waals surface area contributed by atoms with Gasteiger partial charge in [-0.2, -0.15) is 0 Å². The Balaban J connectivity index is 1.76. The largest absolute Gasteiger partial charge is 0.490 e. The first-order valence-corrected chi connectivity index (χ1v) is 8.41. The first kappa shape index (κ1) is 17.4. The van der Waals surface area contributed by atoms with Crippen LogP contribution in [0.5, 0.6) is 5.75 Å². The van der Waals surface area contributed by atoms with Gasteiger partial charge in [-0.1, -0.05) is 42.5 Å². The molecule has 0 unspecified atom stereocenters. The summed E-state index contributed by atoms with van der Waals surface area (Å²) in [6, 6.07) is 15.2. The van der Waals surface area contributed by atoms with Gasteiger partial charge in [0, 0.05) is 11.6 Å². The van der Waals surface area contributed by atoms with Gasteiger partial charge in [0.2, 0.25) is 5.75 Å². The van der Waals surface area contributed by atoms with E-state index in [4.69, 9.17) is 9.47 Å². The van der Waals surface area contributed by atoms with Crippen molar-refractivity contribution in [1.82, 2.24) is 5.32 Å². The van der Waals surface area contributed by atoms with Crippen LogP contribution in [0.2, 0.25) is 0 Å². The molecular formula is C19H22N2O4. The molecule has 0 aromatic heterocycles. The predicted octanol–water partition coefficient (Wildman–Crippen LogP) is 3.61. The van der Waals surface area contributed by atoms with Crippen molar-refractivity contribution < 1.29 is 14.4 Å². The van der Waals surface area contributed by atoms with E-state index in [2.05, 4.69) is 17.4 Å². The van der Waals surface area contributed by atoms with Crippen LogP contribution >= 0.6 is 0 Å². The third kappa shape index (κ3) is 3.97. The highest BCUT2D eigenvalue weighted by Gasteiger charge is 2.27. The lowest BCUT2D eigenvalue weighted by molar-refractivity contribution is -0.385. The summed E-state index contributed by atoms with van der Waals surface area (Å²) in [6.45, 7) is 1.24. The Hall–Kier alpha value is -2.44. The highest BCUT2D eigenvalue weighted by Crippen LogP contribution is 2.33. The summed E-state index contributed by atoms with van der Waals surface area (Å²) >= 11 is 0. The summed E-state index contributed by atoms with van der Waals surface area (Å²) in [6.07, 6.45) is 2.00. The van der Waals surface area contributed by atoms with Gasteiger partial charge in [0.15, 0.2) is 0 Å². The molecule has 1 fully saturated rings. The number of benzene rings is 2. The molecule has 3 rings (SSSR count). The van der Waals surface area contributed by atoms with Crippen LogP contribution in [-0.2, 0) is 11.3 Å². The van der Waals surface area contributed by atoms with Crippen LogP contribution in [0.25, 0.3) is 0 Å². The van der Waals surface area contributed by atoms with Gasteiger partial charge in [-0.05, 0) is 24.9 Å². The van der Waals surface area contributed by atoms with Crippen LogP contribution in [-0.4, -0.2) is 24.7 Å². The van der Waals surface area contributed by atoms with Gasteiger partial charge in [0.05, 0.1) is 30.8 Å². The molecule has 132 valence electrons. The lowest BCUT2D eigenvalue weighted by atomic mass is 9.94. The van der Waals surface area contributed by atoms with E-state index >= 15 is 0 Å². The van der Waals surface area contributed by atoms with Crippen molar-refractivity contribution in [3.8, 4) is 5.75 Å². The molecule has 0 aliphatic carbocycles. The van der Waals surface area contributed by atoms with E-state index in [1.165, 1.54) is 18.7 Å². The molecule has 0 spiro atoms. The first-order valence-electron chi connectivity index (χ1n) is 8.41. The van der Waals surface area contributed by atoms with Gasteiger partial charge >= 0.3 is 5.69 Å². The van der Waals surface area contributed by atoms with Crippen LogP contribution < -0.4 is 10.1 Å². The molecule has 25 heavy (non-hydrogen) atoms. The number of para-hydroxylation sites is 1. The number of ether oxygens (including phenoxy) is 2. The van der Waals surface area contributed by atoms with Crippen molar-refractivity contribution in [3.63, 3.8) is 0 Å². The normalized spacial score (nSPS) is 20.2. The maximum atomic E-state index is 11.2. The summed E-state index contributed by atoms with van der Waals surface area (Å²) < 4.78 is 11.4. The van der Waals surface area contributed by atoms with Crippen LogP contribution in [0.3, 0.4) is 0 Å². The molecule has 1 aliphatic rings. The molecule has 0 bridgehead atoms. The zero-order valence-corrected chi connectivity index (χ0v) is 14.2. The quantitative estimate of drug-likeness (QED) is 0.641. The van der Waals surface area contributed by atoms with E-state index in [1.54, 1.807) is 12.1 Å². The maximum absolute atomic E-state index is 11.2. The zero-order chi connectivity index (χ0) is 17.6. The van der Waals surface area contributed by atoms with Crippen LogP contribution in [0, 0.1) is 10.1 Å². The lowest BCUT2D eigenvalue weighted by Crippen LogP contribution is -2.39. The molecule has 1 saturated heterocycles. The molecule has 2 aromatic rings. The van der Waals surface area contributed by atoms with Crippen molar-refractivity contribution in [3.05, 3.63) is 69.8 Å². The number of hydrogen-bond donors (Lipinski definition) is 1. The van der Waals surface area contributed by atoms with E-state index in [9.17, 15) is 10.1 Å². The number of nitro benzene ring substituents is 1. The second kappa shape index (κ2) is 8.09. The lowest BCUT2D eigenvalue weighted by Gasteiger charge is -2.33. The van der Waals surface area contributed by atoms with Crippen molar-refractivity contribution in [1.29, 1.82) is 0 Å². The Morgan fingerprint density at radius 3 is 2.72 bits per heavy atom. The van der Waals surface area contributed by atoms with Crippen LogP contribution in [0.1, 0.15) is 30.0 Å². The van der Waals surface area contributed by atoms with Gasteiger partial charge in [0.25, 0.3) is 0 Å². The summed E-state index contributed by atoms with van der Waals surface area (Å²) in [5, 5.41) is 14.7. The minimum absolute atomic E-state index is 0.0140. The highest BCUT2D eigenvalue weighted by atomic mass is 16.6. The van der Waals surface area contributed by atoms with Gasteiger partial charge < -0.3 is 14.8 Å². The zero-order valence-electron chi connectivity index (χ0n) is 14.2. The minimum atomic E-state index is -0.433. The van der Waals surface area contributed by atoms with E-state index in [0.29, 0.717) is 5.56 Å². The summed E-state index contributed by atoms with van der Waals surface area (Å²) in [5.41, 5.74) is 1.84. The van der Waals surface area contributed by atoms with E-state index in [-0.39, 0.29) is 30.2 Å². The fourth-order valence-corrected chi connectivity index (χ4v) is 3.29. The van der Waals surface area contributed by atoms with Crippen molar-refractivity contribution in [2.24, 2.45) is 0 Å².